The lowest BCUT2D eigenvalue weighted by Gasteiger charge is -2.14. The Labute approximate surface area is 132 Å². The summed E-state index contributed by atoms with van der Waals surface area (Å²) < 4.78 is 27.8. The van der Waals surface area contributed by atoms with Gasteiger partial charge in [0.2, 0.25) is 0 Å². The lowest BCUT2D eigenvalue weighted by Crippen LogP contribution is -2.34. The number of carboxylic acid groups (broad SMARTS) is 1. The van der Waals surface area contributed by atoms with Gasteiger partial charge in [-0.25, -0.2) is 8.78 Å². The Bertz CT molecular complexity index is 587. The molecule has 1 saturated carbocycles. The summed E-state index contributed by atoms with van der Waals surface area (Å²) in [4.78, 5) is 23.2. The van der Waals surface area contributed by atoms with Crippen LogP contribution in [0.2, 0.25) is 0 Å². The topological polar surface area (TPSA) is 84.2 Å². The molecule has 1 heterocycles. The molecule has 1 amide bonds. The first-order valence-corrected chi connectivity index (χ1v) is 7.67. The number of aliphatic carboxylic acids is 1. The van der Waals surface area contributed by atoms with Crippen LogP contribution >= 0.6 is 0 Å². The van der Waals surface area contributed by atoms with E-state index >= 15 is 0 Å². The molecule has 1 aliphatic rings. The predicted octanol–water partition coefficient (Wildman–Crippen LogP) is 2.46. The monoisotopic (exact) mass is 329 g/mol. The Morgan fingerprint density at radius 2 is 2.13 bits per heavy atom. The van der Waals surface area contributed by atoms with E-state index in [0.717, 1.165) is 6.20 Å². The maximum absolute atomic E-state index is 13.3. The van der Waals surface area contributed by atoms with E-state index < -0.39 is 24.2 Å². The minimum atomic E-state index is -2.80. The van der Waals surface area contributed by atoms with Gasteiger partial charge in [-0.05, 0) is 25.2 Å². The molecule has 1 aromatic rings. The first-order chi connectivity index (χ1) is 10.8. The van der Waals surface area contributed by atoms with Gasteiger partial charge in [0.15, 0.2) is 0 Å². The molecule has 6 nitrogen and oxygen atoms in total. The normalized spacial score (nSPS) is 21.1. The maximum atomic E-state index is 13.3. The number of hydrogen-bond acceptors (Lipinski definition) is 3. The zero-order valence-corrected chi connectivity index (χ0v) is 13.1. The second kappa shape index (κ2) is 7.06. The van der Waals surface area contributed by atoms with Gasteiger partial charge in [-0.3, -0.25) is 14.3 Å². The number of halogens is 2. The van der Waals surface area contributed by atoms with Crippen molar-refractivity contribution in [1.82, 2.24) is 15.1 Å². The highest BCUT2D eigenvalue weighted by Gasteiger charge is 2.32. The summed E-state index contributed by atoms with van der Waals surface area (Å²) >= 11 is 0. The Kier molecular flexibility index (Phi) is 5.33. The lowest BCUT2D eigenvalue weighted by atomic mass is 10.1. The zero-order valence-electron chi connectivity index (χ0n) is 13.1. The van der Waals surface area contributed by atoms with Gasteiger partial charge >= 0.3 is 5.97 Å². The molecule has 0 aliphatic heterocycles. The summed E-state index contributed by atoms with van der Waals surface area (Å²) in [5.41, 5.74) is -0.525. The molecule has 0 aromatic carbocycles. The van der Waals surface area contributed by atoms with E-state index in [1.54, 1.807) is 0 Å². The average molecular weight is 329 g/mol. The molecule has 2 N–H and O–H groups in total. The first kappa shape index (κ1) is 17.4. The number of nitrogens with zero attached hydrogens (tertiary/aromatic N) is 2. The van der Waals surface area contributed by atoms with Gasteiger partial charge in [-0.1, -0.05) is 13.8 Å². The number of amides is 1. The van der Waals surface area contributed by atoms with E-state index in [2.05, 4.69) is 10.4 Å². The third-order valence-corrected chi connectivity index (χ3v) is 3.99. The number of alkyl halides is 2. The van der Waals surface area contributed by atoms with Crippen molar-refractivity contribution < 1.29 is 23.5 Å². The van der Waals surface area contributed by atoms with Crippen LogP contribution in [0.3, 0.4) is 0 Å². The minimum absolute atomic E-state index is 0.120. The number of carbonyl (C=O) groups excluding carboxylic acids is 1. The largest absolute Gasteiger partial charge is 0.481 e. The van der Waals surface area contributed by atoms with Gasteiger partial charge in [0, 0.05) is 12.6 Å². The molecule has 128 valence electrons. The Morgan fingerprint density at radius 3 is 2.65 bits per heavy atom. The van der Waals surface area contributed by atoms with Crippen molar-refractivity contribution in [3.63, 3.8) is 0 Å². The van der Waals surface area contributed by atoms with Crippen LogP contribution in [0, 0.1) is 11.8 Å². The van der Waals surface area contributed by atoms with E-state index in [9.17, 15) is 18.4 Å². The van der Waals surface area contributed by atoms with Gasteiger partial charge in [0.05, 0.1) is 17.7 Å². The fourth-order valence-corrected chi connectivity index (χ4v) is 2.89. The Morgan fingerprint density at radius 1 is 1.43 bits per heavy atom. The molecule has 1 aromatic heterocycles. The summed E-state index contributed by atoms with van der Waals surface area (Å²) in [6.45, 7) is 4.06. The van der Waals surface area contributed by atoms with Crippen molar-refractivity contribution in [2.24, 2.45) is 11.8 Å². The van der Waals surface area contributed by atoms with Crippen molar-refractivity contribution in [3.8, 4) is 0 Å². The molecule has 1 fully saturated rings. The molecular formula is C15H21F2N3O3. The first-order valence-electron chi connectivity index (χ1n) is 7.67. The molecule has 1 aliphatic carbocycles. The summed E-state index contributed by atoms with van der Waals surface area (Å²) in [5, 5.41) is 15.5. The molecule has 2 rings (SSSR count). The molecule has 0 saturated heterocycles. The zero-order chi connectivity index (χ0) is 17.1. The number of hydrogen-bond donors (Lipinski definition) is 2. The maximum Gasteiger partial charge on any atom is 0.306 e. The fraction of sp³-hybridized carbons (Fsp3) is 0.667. The van der Waals surface area contributed by atoms with E-state index in [-0.39, 0.29) is 23.2 Å². The molecular weight excluding hydrogens is 308 g/mol. The summed E-state index contributed by atoms with van der Waals surface area (Å²) in [6, 6.07) is -0.303. The van der Waals surface area contributed by atoms with Crippen LogP contribution in [0.4, 0.5) is 8.78 Å². The standard InChI is InChI=1S/C15H21F2N3O3/c1-8(2)7-20-12(13(16)17)11(6-18-20)14(21)19-10-4-3-9(5-10)15(22)23/h6,8-10,13H,3-5,7H2,1-2H3,(H,19,21)(H,22,23)/t9-,10+/m0/s1. The molecule has 2 atom stereocenters. The van der Waals surface area contributed by atoms with Crippen LogP contribution in [-0.4, -0.2) is 32.8 Å². The number of carboxylic acids is 1. The minimum Gasteiger partial charge on any atom is -0.481 e. The van der Waals surface area contributed by atoms with Crippen LogP contribution in [-0.2, 0) is 11.3 Å². The second-order valence-electron chi connectivity index (χ2n) is 6.34. The fourth-order valence-electron chi connectivity index (χ4n) is 2.89. The molecule has 0 unspecified atom stereocenters. The average Bonchev–Trinajstić information content (AvgIpc) is 3.04. The van der Waals surface area contributed by atoms with E-state index in [1.165, 1.54) is 4.68 Å². The SMILES string of the molecule is CC(C)Cn1ncc(C(=O)N[C@@H]2CC[C@H](C(=O)O)C2)c1C(F)F. The van der Waals surface area contributed by atoms with E-state index in [4.69, 9.17) is 5.11 Å². The lowest BCUT2D eigenvalue weighted by molar-refractivity contribution is -0.141. The van der Waals surface area contributed by atoms with Crippen molar-refractivity contribution in [2.45, 2.75) is 52.1 Å². The molecule has 0 spiro atoms. The molecule has 0 bridgehead atoms. The predicted molar refractivity (Wildman–Crippen MR) is 78.3 cm³/mol. The van der Waals surface area contributed by atoms with Crippen molar-refractivity contribution in [3.05, 3.63) is 17.5 Å². The highest BCUT2D eigenvalue weighted by atomic mass is 19.3. The van der Waals surface area contributed by atoms with Crippen LogP contribution in [0.1, 0.15) is 55.6 Å². The number of carbonyl (C=O) groups is 2. The third-order valence-electron chi connectivity index (χ3n) is 3.99. The quantitative estimate of drug-likeness (QED) is 0.840. The molecule has 8 heteroatoms. The summed E-state index contributed by atoms with van der Waals surface area (Å²) in [6.07, 6.45) is -0.303. The molecule has 23 heavy (non-hydrogen) atoms. The highest BCUT2D eigenvalue weighted by molar-refractivity contribution is 5.95. The number of aromatic nitrogens is 2. The Hall–Kier alpha value is -1.99. The van der Waals surface area contributed by atoms with Gasteiger partial charge in [-0.2, -0.15) is 5.10 Å². The van der Waals surface area contributed by atoms with E-state index in [1.807, 2.05) is 13.8 Å². The van der Waals surface area contributed by atoms with Gasteiger partial charge in [0.1, 0.15) is 5.69 Å². The third kappa shape index (κ3) is 4.05. The summed E-state index contributed by atoms with van der Waals surface area (Å²) in [7, 11) is 0. The molecule has 0 radical (unpaired) electrons. The van der Waals surface area contributed by atoms with Crippen LogP contribution in [0.25, 0.3) is 0 Å². The van der Waals surface area contributed by atoms with Gasteiger partial charge in [-0.15, -0.1) is 0 Å². The smallest absolute Gasteiger partial charge is 0.306 e. The number of rotatable bonds is 6. The van der Waals surface area contributed by atoms with Crippen LogP contribution in [0.5, 0.6) is 0 Å². The van der Waals surface area contributed by atoms with Gasteiger partial charge < -0.3 is 10.4 Å². The highest BCUT2D eigenvalue weighted by Crippen LogP contribution is 2.27. The van der Waals surface area contributed by atoms with Crippen LogP contribution < -0.4 is 5.32 Å². The van der Waals surface area contributed by atoms with Crippen LogP contribution in [0.15, 0.2) is 6.20 Å². The second-order valence-corrected chi connectivity index (χ2v) is 6.34. The summed E-state index contributed by atoms with van der Waals surface area (Å²) in [5.74, 6) is -1.88. The van der Waals surface area contributed by atoms with Gasteiger partial charge in [0.25, 0.3) is 12.3 Å². The Balaban J connectivity index is 2.10. The van der Waals surface area contributed by atoms with Crippen molar-refractivity contribution >= 4 is 11.9 Å². The van der Waals surface area contributed by atoms with Crippen molar-refractivity contribution in [1.29, 1.82) is 0 Å². The van der Waals surface area contributed by atoms with Crippen molar-refractivity contribution in [2.75, 3.05) is 0 Å². The number of nitrogens with one attached hydrogen (secondary N) is 1. The van der Waals surface area contributed by atoms with E-state index in [0.29, 0.717) is 25.8 Å².